The molecule has 0 heterocycles. The van der Waals surface area contributed by atoms with Crippen molar-refractivity contribution in [2.45, 2.75) is 19.9 Å². The number of nitrogens with two attached hydrogens (primary N) is 1. The molecule has 1 aromatic carbocycles. The Hall–Kier alpha value is -1.13. The average Bonchev–Trinajstić information content (AvgIpc) is 2.22. The van der Waals surface area contributed by atoms with Crippen molar-refractivity contribution in [2.75, 3.05) is 5.32 Å². The molecule has 3 nitrogen and oxygen atoms in total. The van der Waals surface area contributed by atoms with Crippen LogP contribution in [0.15, 0.2) is 18.2 Å². The van der Waals surface area contributed by atoms with Crippen molar-refractivity contribution in [3.63, 3.8) is 0 Å². The smallest absolute Gasteiger partial charge is 0.228 e. The van der Waals surface area contributed by atoms with E-state index >= 15 is 0 Å². The Morgan fingerprint density at radius 2 is 2.12 bits per heavy atom. The molecule has 0 aliphatic rings. The SMILES string of the molecule is CC(N)C(C)C(=O)Nc1ccc(F)c(Cl)c1. The van der Waals surface area contributed by atoms with Gasteiger partial charge in [-0.3, -0.25) is 4.79 Å². The average molecular weight is 245 g/mol. The quantitative estimate of drug-likeness (QED) is 0.858. The zero-order valence-electron chi connectivity index (χ0n) is 9.13. The van der Waals surface area contributed by atoms with E-state index in [-0.39, 0.29) is 22.9 Å². The summed E-state index contributed by atoms with van der Waals surface area (Å²) in [5.74, 6) is -1.04. The van der Waals surface area contributed by atoms with Crippen LogP contribution in [0.3, 0.4) is 0 Å². The van der Waals surface area contributed by atoms with Gasteiger partial charge in [-0.2, -0.15) is 0 Å². The second kappa shape index (κ2) is 5.27. The molecule has 0 aliphatic carbocycles. The molecule has 5 heteroatoms. The van der Waals surface area contributed by atoms with Crippen LogP contribution in [-0.4, -0.2) is 11.9 Å². The summed E-state index contributed by atoms with van der Waals surface area (Å²) in [5, 5.41) is 2.60. The molecule has 2 unspecified atom stereocenters. The van der Waals surface area contributed by atoms with Gasteiger partial charge in [-0.25, -0.2) is 4.39 Å². The fourth-order valence-electron chi connectivity index (χ4n) is 1.07. The summed E-state index contributed by atoms with van der Waals surface area (Å²) in [6.07, 6.45) is 0. The molecule has 0 radical (unpaired) electrons. The monoisotopic (exact) mass is 244 g/mol. The van der Waals surface area contributed by atoms with Crippen LogP contribution in [0, 0.1) is 11.7 Å². The first-order valence-corrected chi connectivity index (χ1v) is 5.31. The van der Waals surface area contributed by atoms with Crippen LogP contribution in [0.25, 0.3) is 0 Å². The summed E-state index contributed by atoms with van der Waals surface area (Å²) in [6, 6.07) is 3.78. The van der Waals surface area contributed by atoms with Crippen molar-refractivity contribution in [1.82, 2.24) is 0 Å². The number of rotatable bonds is 3. The van der Waals surface area contributed by atoms with E-state index < -0.39 is 5.82 Å². The fraction of sp³-hybridized carbons (Fsp3) is 0.364. The zero-order valence-corrected chi connectivity index (χ0v) is 9.88. The van der Waals surface area contributed by atoms with E-state index in [1.165, 1.54) is 18.2 Å². The van der Waals surface area contributed by atoms with E-state index in [0.29, 0.717) is 5.69 Å². The molecule has 0 aliphatic heterocycles. The van der Waals surface area contributed by atoms with Crippen LogP contribution in [0.5, 0.6) is 0 Å². The van der Waals surface area contributed by atoms with E-state index in [9.17, 15) is 9.18 Å². The van der Waals surface area contributed by atoms with Gasteiger partial charge in [0.2, 0.25) is 5.91 Å². The molecule has 0 saturated carbocycles. The molecule has 1 aromatic rings. The summed E-state index contributed by atoms with van der Waals surface area (Å²) in [5.41, 5.74) is 6.06. The van der Waals surface area contributed by atoms with Crippen LogP contribution >= 0.6 is 11.6 Å². The molecule has 0 fully saturated rings. The maximum absolute atomic E-state index is 12.9. The molecule has 16 heavy (non-hydrogen) atoms. The van der Waals surface area contributed by atoms with E-state index in [0.717, 1.165) is 0 Å². The highest BCUT2D eigenvalue weighted by Gasteiger charge is 2.17. The lowest BCUT2D eigenvalue weighted by atomic mass is 10.0. The van der Waals surface area contributed by atoms with E-state index in [1.54, 1.807) is 13.8 Å². The lowest BCUT2D eigenvalue weighted by Gasteiger charge is -2.15. The van der Waals surface area contributed by atoms with Crippen molar-refractivity contribution < 1.29 is 9.18 Å². The van der Waals surface area contributed by atoms with E-state index in [2.05, 4.69) is 5.32 Å². The highest BCUT2D eigenvalue weighted by atomic mass is 35.5. The number of hydrogen-bond donors (Lipinski definition) is 2. The number of carbonyl (C=O) groups is 1. The molecule has 0 spiro atoms. The first-order chi connectivity index (χ1) is 7.41. The van der Waals surface area contributed by atoms with Crippen LogP contribution < -0.4 is 11.1 Å². The summed E-state index contributed by atoms with van der Waals surface area (Å²) < 4.78 is 12.9. The third kappa shape index (κ3) is 3.18. The predicted octanol–water partition coefficient (Wildman–Crippen LogP) is 2.40. The Morgan fingerprint density at radius 1 is 1.50 bits per heavy atom. The van der Waals surface area contributed by atoms with Crippen molar-refractivity contribution in [2.24, 2.45) is 11.7 Å². The molecule has 0 saturated heterocycles. The lowest BCUT2D eigenvalue weighted by molar-refractivity contribution is -0.119. The van der Waals surface area contributed by atoms with Gasteiger partial charge in [0.15, 0.2) is 0 Å². The minimum absolute atomic E-state index is 0.0220. The second-order valence-electron chi connectivity index (χ2n) is 3.77. The van der Waals surface area contributed by atoms with Crippen molar-refractivity contribution in [3.8, 4) is 0 Å². The highest BCUT2D eigenvalue weighted by Crippen LogP contribution is 2.19. The number of amides is 1. The van der Waals surface area contributed by atoms with Gasteiger partial charge in [0.25, 0.3) is 0 Å². The van der Waals surface area contributed by atoms with Gasteiger partial charge in [0.1, 0.15) is 5.82 Å². The topological polar surface area (TPSA) is 55.1 Å². The summed E-state index contributed by atoms with van der Waals surface area (Å²) in [4.78, 5) is 11.6. The molecule has 0 bridgehead atoms. The highest BCUT2D eigenvalue weighted by molar-refractivity contribution is 6.31. The number of carbonyl (C=O) groups excluding carboxylic acids is 1. The van der Waals surface area contributed by atoms with Crippen molar-refractivity contribution >= 4 is 23.2 Å². The maximum Gasteiger partial charge on any atom is 0.228 e. The third-order valence-corrected chi connectivity index (χ3v) is 2.68. The fourth-order valence-corrected chi connectivity index (χ4v) is 1.25. The van der Waals surface area contributed by atoms with Crippen molar-refractivity contribution in [1.29, 1.82) is 0 Å². The van der Waals surface area contributed by atoms with Crippen molar-refractivity contribution in [3.05, 3.63) is 29.0 Å². The first kappa shape index (κ1) is 12.9. The van der Waals surface area contributed by atoms with Crippen LogP contribution in [0.1, 0.15) is 13.8 Å². The standard InChI is InChI=1S/C11H14ClFN2O/c1-6(7(2)14)11(16)15-8-3-4-10(13)9(12)5-8/h3-7H,14H2,1-2H3,(H,15,16). The molecular weight excluding hydrogens is 231 g/mol. The maximum atomic E-state index is 12.9. The minimum Gasteiger partial charge on any atom is -0.327 e. The molecule has 1 amide bonds. The molecule has 3 N–H and O–H groups in total. The number of halogens is 2. The zero-order chi connectivity index (χ0) is 12.3. The number of anilines is 1. The van der Waals surface area contributed by atoms with E-state index in [4.69, 9.17) is 17.3 Å². The molecule has 2 atom stereocenters. The molecular formula is C11H14ClFN2O. The number of benzene rings is 1. The Morgan fingerprint density at radius 3 is 2.62 bits per heavy atom. The van der Waals surface area contributed by atoms with Gasteiger partial charge in [0, 0.05) is 11.7 Å². The summed E-state index contributed by atoms with van der Waals surface area (Å²) >= 11 is 5.59. The summed E-state index contributed by atoms with van der Waals surface area (Å²) in [7, 11) is 0. The van der Waals surface area contributed by atoms with Gasteiger partial charge in [-0.05, 0) is 25.1 Å². The Bertz CT molecular complexity index is 396. The second-order valence-corrected chi connectivity index (χ2v) is 4.17. The van der Waals surface area contributed by atoms with Gasteiger partial charge < -0.3 is 11.1 Å². The van der Waals surface area contributed by atoms with E-state index in [1.807, 2.05) is 0 Å². The largest absolute Gasteiger partial charge is 0.327 e. The van der Waals surface area contributed by atoms with Gasteiger partial charge in [-0.1, -0.05) is 18.5 Å². The minimum atomic E-state index is -0.514. The Kier molecular flexibility index (Phi) is 4.26. The third-order valence-electron chi connectivity index (χ3n) is 2.39. The normalized spacial score (nSPS) is 14.3. The lowest BCUT2D eigenvalue weighted by Crippen LogP contribution is -2.34. The predicted molar refractivity (Wildman–Crippen MR) is 62.9 cm³/mol. The molecule has 88 valence electrons. The van der Waals surface area contributed by atoms with Crippen LogP contribution in [0.4, 0.5) is 10.1 Å². The van der Waals surface area contributed by atoms with Gasteiger partial charge >= 0.3 is 0 Å². The number of nitrogens with one attached hydrogen (secondary N) is 1. The Balaban J connectivity index is 2.74. The van der Waals surface area contributed by atoms with Gasteiger partial charge in [-0.15, -0.1) is 0 Å². The van der Waals surface area contributed by atoms with Gasteiger partial charge in [0.05, 0.1) is 10.9 Å². The molecule has 0 aromatic heterocycles. The first-order valence-electron chi connectivity index (χ1n) is 4.93. The Labute approximate surface area is 98.8 Å². The molecule has 1 rings (SSSR count). The summed E-state index contributed by atoms with van der Waals surface area (Å²) in [6.45, 7) is 3.48. The van der Waals surface area contributed by atoms with Crippen LogP contribution in [-0.2, 0) is 4.79 Å². The number of hydrogen-bond acceptors (Lipinski definition) is 2. The van der Waals surface area contributed by atoms with Crippen LogP contribution in [0.2, 0.25) is 5.02 Å².